The standard InChI is InChI=1S/C17H27FN2/c1-5-19-13(4)17-15(18)7-6-8-16(17)20-10-9-14(11-20)12(2)3/h6-8,12-14,19H,5,9-11H2,1-4H3. The largest absolute Gasteiger partial charge is 0.371 e. The first-order valence-electron chi connectivity index (χ1n) is 7.81. The van der Waals surface area contributed by atoms with E-state index in [0.29, 0.717) is 5.92 Å². The maximum absolute atomic E-state index is 14.3. The molecule has 0 saturated carbocycles. The number of anilines is 1. The predicted molar refractivity (Wildman–Crippen MR) is 83.6 cm³/mol. The van der Waals surface area contributed by atoms with Gasteiger partial charge in [0.05, 0.1) is 0 Å². The first-order chi connectivity index (χ1) is 9.54. The van der Waals surface area contributed by atoms with Crippen molar-refractivity contribution in [2.45, 2.75) is 40.2 Å². The number of hydrogen-bond donors (Lipinski definition) is 1. The molecule has 1 N–H and O–H groups in total. The van der Waals surface area contributed by atoms with Crippen LogP contribution >= 0.6 is 0 Å². The molecule has 1 aromatic carbocycles. The number of halogens is 1. The molecule has 1 heterocycles. The zero-order valence-corrected chi connectivity index (χ0v) is 13.1. The SMILES string of the molecule is CCNC(C)c1c(F)cccc1N1CCC(C(C)C)C1. The van der Waals surface area contributed by atoms with E-state index in [9.17, 15) is 4.39 Å². The molecule has 1 aliphatic rings. The van der Waals surface area contributed by atoms with E-state index in [0.717, 1.165) is 36.8 Å². The molecule has 3 heteroatoms. The maximum Gasteiger partial charge on any atom is 0.130 e. The van der Waals surface area contributed by atoms with Crippen molar-refractivity contribution in [3.63, 3.8) is 0 Å². The second-order valence-corrected chi connectivity index (χ2v) is 6.19. The summed E-state index contributed by atoms with van der Waals surface area (Å²) in [5, 5.41) is 3.33. The third-order valence-electron chi connectivity index (χ3n) is 4.48. The second-order valence-electron chi connectivity index (χ2n) is 6.19. The number of rotatable bonds is 5. The van der Waals surface area contributed by atoms with E-state index in [4.69, 9.17) is 0 Å². The van der Waals surface area contributed by atoms with E-state index in [1.165, 1.54) is 6.42 Å². The summed E-state index contributed by atoms with van der Waals surface area (Å²) < 4.78 is 14.3. The van der Waals surface area contributed by atoms with Crippen LogP contribution in [-0.4, -0.2) is 19.6 Å². The molecule has 112 valence electrons. The lowest BCUT2D eigenvalue weighted by Gasteiger charge is -2.26. The van der Waals surface area contributed by atoms with Crippen molar-refractivity contribution in [2.24, 2.45) is 11.8 Å². The van der Waals surface area contributed by atoms with Gasteiger partial charge in [0.1, 0.15) is 5.82 Å². The van der Waals surface area contributed by atoms with Crippen molar-refractivity contribution in [2.75, 3.05) is 24.5 Å². The first kappa shape index (κ1) is 15.3. The van der Waals surface area contributed by atoms with Crippen molar-refractivity contribution in [1.29, 1.82) is 0 Å². The second kappa shape index (κ2) is 6.57. The van der Waals surface area contributed by atoms with Crippen LogP contribution in [-0.2, 0) is 0 Å². The van der Waals surface area contributed by atoms with E-state index < -0.39 is 0 Å². The fourth-order valence-electron chi connectivity index (χ4n) is 3.19. The van der Waals surface area contributed by atoms with Crippen molar-refractivity contribution >= 4 is 5.69 Å². The molecule has 0 bridgehead atoms. The molecule has 0 aromatic heterocycles. The highest BCUT2D eigenvalue weighted by Crippen LogP contribution is 2.34. The monoisotopic (exact) mass is 278 g/mol. The third-order valence-corrected chi connectivity index (χ3v) is 4.48. The molecule has 0 radical (unpaired) electrons. The Morgan fingerprint density at radius 2 is 2.10 bits per heavy atom. The fraction of sp³-hybridized carbons (Fsp3) is 0.647. The zero-order valence-electron chi connectivity index (χ0n) is 13.1. The summed E-state index contributed by atoms with van der Waals surface area (Å²) in [4.78, 5) is 2.36. The molecule has 0 aliphatic carbocycles. The number of nitrogens with one attached hydrogen (secondary N) is 1. The molecule has 2 atom stereocenters. The van der Waals surface area contributed by atoms with Gasteiger partial charge >= 0.3 is 0 Å². The van der Waals surface area contributed by atoms with Crippen LogP contribution in [0.5, 0.6) is 0 Å². The zero-order chi connectivity index (χ0) is 14.7. The lowest BCUT2D eigenvalue weighted by molar-refractivity contribution is 0.422. The fourth-order valence-corrected chi connectivity index (χ4v) is 3.19. The Hall–Kier alpha value is -1.09. The first-order valence-corrected chi connectivity index (χ1v) is 7.81. The van der Waals surface area contributed by atoms with Crippen molar-refractivity contribution in [3.05, 3.63) is 29.6 Å². The molecule has 1 fully saturated rings. The summed E-state index contributed by atoms with van der Waals surface area (Å²) >= 11 is 0. The average Bonchev–Trinajstić information content (AvgIpc) is 2.88. The summed E-state index contributed by atoms with van der Waals surface area (Å²) in [7, 11) is 0. The van der Waals surface area contributed by atoms with Crippen molar-refractivity contribution < 1.29 is 4.39 Å². The lowest BCUT2D eigenvalue weighted by Crippen LogP contribution is -2.26. The van der Waals surface area contributed by atoms with E-state index in [-0.39, 0.29) is 11.9 Å². The molecule has 0 spiro atoms. The van der Waals surface area contributed by atoms with Crippen LogP contribution in [0.2, 0.25) is 0 Å². The summed E-state index contributed by atoms with van der Waals surface area (Å²) in [6, 6.07) is 5.52. The molecule has 1 saturated heterocycles. The van der Waals surface area contributed by atoms with E-state index in [1.54, 1.807) is 6.07 Å². The molecule has 2 nitrogen and oxygen atoms in total. The minimum atomic E-state index is -0.0936. The normalized spacial score (nSPS) is 20.7. The highest BCUT2D eigenvalue weighted by molar-refractivity contribution is 5.56. The summed E-state index contributed by atoms with van der Waals surface area (Å²) in [5.41, 5.74) is 1.89. The molecular formula is C17H27FN2. The van der Waals surface area contributed by atoms with Gasteiger partial charge in [-0.05, 0) is 43.9 Å². The molecule has 20 heavy (non-hydrogen) atoms. The van der Waals surface area contributed by atoms with Crippen molar-refractivity contribution in [3.8, 4) is 0 Å². The van der Waals surface area contributed by atoms with Crippen LogP contribution in [0.3, 0.4) is 0 Å². The number of hydrogen-bond acceptors (Lipinski definition) is 2. The Bertz CT molecular complexity index is 445. The molecule has 0 amide bonds. The van der Waals surface area contributed by atoms with Crippen LogP contribution in [0.1, 0.15) is 45.7 Å². The van der Waals surface area contributed by atoms with E-state index in [2.05, 4.69) is 37.1 Å². The van der Waals surface area contributed by atoms with Gasteiger partial charge < -0.3 is 10.2 Å². The van der Waals surface area contributed by atoms with Crippen LogP contribution < -0.4 is 10.2 Å². The van der Waals surface area contributed by atoms with Crippen LogP contribution in [0.15, 0.2) is 18.2 Å². The Morgan fingerprint density at radius 1 is 1.35 bits per heavy atom. The molecule has 2 rings (SSSR count). The Balaban J connectivity index is 2.26. The number of benzene rings is 1. The van der Waals surface area contributed by atoms with Gasteiger partial charge in [-0.25, -0.2) is 4.39 Å². The van der Waals surface area contributed by atoms with Gasteiger partial charge in [0.2, 0.25) is 0 Å². The Labute approximate surface area is 122 Å². The van der Waals surface area contributed by atoms with Crippen LogP contribution in [0.4, 0.5) is 10.1 Å². The van der Waals surface area contributed by atoms with E-state index >= 15 is 0 Å². The quantitative estimate of drug-likeness (QED) is 0.876. The molecule has 1 aliphatic heterocycles. The molecular weight excluding hydrogens is 251 g/mol. The maximum atomic E-state index is 14.3. The van der Waals surface area contributed by atoms with E-state index in [1.807, 2.05) is 13.0 Å². The van der Waals surface area contributed by atoms with Gasteiger partial charge in [-0.15, -0.1) is 0 Å². The predicted octanol–water partition coefficient (Wildman–Crippen LogP) is 3.98. The highest BCUT2D eigenvalue weighted by Gasteiger charge is 2.28. The topological polar surface area (TPSA) is 15.3 Å². The summed E-state index contributed by atoms with van der Waals surface area (Å²) in [6.07, 6.45) is 1.21. The minimum Gasteiger partial charge on any atom is -0.371 e. The van der Waals surface area contributed by atoms with Gasteiger partial charge in [-0.2, -0.15) is 0 Å². The molecule has 1 aromatic rings. The Morgan fingerprint density at radius 3 is 2.70 bits per heavy atom. The lowest BCUT2D eigenvalue weighted by atomic mass is 9.95. The third kappa shape index (κ3) is 3.14. The van der Waals surface area contributed by atoms with Gasteiger partial charge in [0, 0.05) is 30.4 Å². The van der Waals surface area contributed by atoms with Crippen molar-refractivity contribution in [1.82, 2.24) is 5.32 Å². The molecule has 2 unspecified atom stereocenters. The number of nitrogens with zero attached hydrogens (tertiary/aromatic N) is 1. The van der Waals surface area contributed by atoms with Gasteiger partial charge in [-0.1, -0.05) is 26.8 Å². The van der Waals surface area contributed by atoms with Gasteiger partial charge in [-0.3, -0.25) is 0 Å². The average molecular weight is 278 g/mol. The highest BCUT2D eigenvalue weighted by atomic mass is 19.1. The Kier molecular flexibility index (Phi) is 5.03. The van der Waals surface area contributed by atoms with Gasteiger partial charge in [0.15, 0.2) is 0 Å². The smallest absolute Gasteiger partial charge is 0.130 e. The summed E-state index contributed by atoms with van der Waals surface area (Å²) in [5.74, 6) is 1.33. The van der Waals surface area contributed by atoms with Gasteiger partial charge in [0.25, 0.3) is 0 Å². The summed E-state index contributed by atoms with van der Waals surface area (Å²) in [6.45, 7) is 11.6. The van der Waals surface area contributed by atoms with Crippen LogP contribution in [0, 0.1) is 17.7 Å². The minimum absolute atomic E-state index is 0.0503. The van der Waals surface area contributed by atoms with Crippen LogP contribution in [0.25, 0.3) is 0 Å².